The van der Waals surface area contributed by atoms with Crippen molar-refractivity contribution in [3.8, 4) is 5.75 Å². The Morgan fingerprint density at radius 3 is 3.07 bits per heavy atom. The Labute approximate surface area is 95.1 Å². The molecule has 0 aliphatic carbocycles. The van der Waals surface area contributed by atoms with E-state index in [4.69, 9.17) is 0 Å². The number of anilines is 1. The molecule has 3 heteroatoms. The van der Waals surface area contributed by atoms with Gasteiger partial charge in [0.1, 0.15) is 5.75 Å². The van der Waals surface area contributed by atoms with Gasteiger partial charge in [0.15, 0.2) is 0 Å². The fourth-order valence-corrected chi connectivity index (χ4v) is 3.13. The van der Waals surface area contributed by atoms with Crippen LogP contribution in [0.25, 0.3) is 0 Å². The van der Waals surface area contributed by atoms with Gasteiger partial charge in [0, 0.05) is 12.2 Å². The molecule has 1 fully saturated rings. The van der Waals surface area contributed by atoms with E-state index >= 15 is 0 Å². The molecule has 1 atom stereocenters. The van der Waals surface area contributed by atoms with Crippen LogP contribution in [0.1, 0.15) is 12.0 Å². The van der Waals surface area contributed by atoms with Gasteiger partial charge in [-0.05, 0) is 54.5 Å². The van der Waals surface area contributed by atoms with Crippen molar-refractivity contribution in [2.45, 2.75) is 13.3 Å². The summed E-state index contributed by atoms with van der Waals surface area (Å²) in [7, 11) is 0. The fraction of sp³-hybridized carbons (Fsp3) is 0.500. The van der Waals surface area contributed by atoms with E-state index in [0.717, 1.165) is 23.7 Å². The van der Waals surface area contributed by atoms with Crippen LogP contribution in [0.5, 0.6) is 5.75 Å². The number of benzene rings is 1. The number of hydrogen-bond acceptors (Lipinski definition) is 3. The first-order valence-corrected chi connectivity index (χ1v) is 6.52. The monoisotopic (exact) mass is 223 g/mol. The minimum absolute atomic E-state index is 0.342. The molecule has 1 aromatic rings. The second-order valence-corrected chi connectivity index (χ2v) is 5.26. The van der Waals surface area contributed by atoms with Gasteiger partial charge in [-0.15, -0.1) is 0 Å². The van der Waals surface area contributed by atoms with Crippen LogP contribution in [0, 0.1) is 12.8 Å². The number of hydrogen-bond donors (Lipinski definition) is 2. The second kappa shape index (κ2) is 4.79. The molecule has 0 bridgehead atoms. The number of aromatic hydroxyl groups is 1. The predicted octanol–water partition coefficient (Wildman–Crippen LogP) is 2.87. The van der Waals surface area contributed by atoms with Crippen LogP contribution in [0.3, 0.4) is 0 Å². The smallest absolute Gasteiger partial charge is 0.115 e. The van der Waals surface area contributed by atoms with Gasteiger partial charge in [-0.2, -0.15) is 11.8 Å². The standard InChI is InChI=1S/C12H17NOS/c1-9-6-11(14)2-3-12(9)13-7-10-4-5-15-8-10/h2-3,6,10,13-14H,4-5,7-8H2,1H3. The summed E-state index contributed by atoms with van der Waals surface area (Å²) < 4.78 is 0. The van der Waals surface area contributed by atoms with Gasteiger partial charge < -0.3 is 10.4 Å². The van der Waals surface area contributed by atoms with Crippen molar-refractivity contribution in [3.63, 3.8) is 0 Å². The van der Waals surface area contributed by atoms with E-state index < -0.39 is 0 Å². The molecular weight excluding hydrogens is 206 g/mol. The van der Waals surface area contributed by atoms with Crippen LogP contribution in [0.4, 0.5) is 5.69 Å². The lowest BCUT2D eigenvalue weighted by Crippen LogP contribution is -2.13. The number of phenolic OH excluding ortho intramolecular Hbond substituents is 1. The Balaban J connectivity index is 1.92. The molecule has 2 N–H and O–H groups in total. The average Bonchev–Trinajstić information content (AvgIpc) is 2.69. The van der Waals surface area contributed by atoms with E-state index in [1.165, 1.54) is 17.9 Å². The van der Waals surface area contributed by atoms with E-state index in [9.17, 15) is 5.11 Å². The lowest BCUT2D eigenvalue weighted by molar-refractivity contribution is 0.475. The van der Waals surface area contributed by atoms with E-state index in [1.54, 1.807) is 12.1 Å². The van der Waals surface area contributed by atoms with Gasteiger partial charge in [0.25, 0.3) is 0 Å². The summed E-state index contributed by atoms with van der Waals surface area (Å²) >= 11 is 2.04. The quantitative estimate of drug-likeness (QED) is 0.773. The number of nitrogens with one attached hydrogen (secondary N) is 1. The van der Waals surface area contributed by atoms with E-state index in [2.05, 4.69) is 5.32 Å². The third-order valence-corrected chi connectivity index (χ3v) is 4.05. The summed E-state index contributed by atoms with van der Waals surface area (Å²) in [5.74, 6) is 3.74. The number of rotatable bonds is 3. The Bertz CT molecular complexity index is 334. The lowest BCUT2D eigenvalue weighted by Gasteiger charge is -2.13. The first kappa shape index (κ1) is 10.7. The van der Waals surface area contributed by atoms with Gasteiger partial charge >= 0.3 is 0 Å². The van der Waals surface area contributed by atoms with Crippen LogP contribution in [0.15, 0.2) is 18.2 Å². The molecule has 1 saturated heterocycles. The van der Waals surface area contributed by atoms with Crippen molar-refractivity contribution in [1.29, 1.82) is 0 Å². The minimum atomic E-state index is 0.342. The highest BCUT2D eigenvalue weighted by atomic mass is 32.2. The maximum absolute atomic E-state index is 9.29. The molecule has 82 valence electrons. The van der Waals surface area contributed by atoms with Crippen molar-refractivity contribution >= 4 is 17.4 Å². The predicted molar refractivity (Wildman–Crippen MR) is 66.8 cm³/mol. The Kier molecular flexibility index (Phi) is 3.41. The first-order valence-electron chi connectivity index (χ1n) is 5.37. The summed E-state index contributed by atoms with van der Waals surface area (Å²) in [6, 6.07) is 5.48. The third-order valence-electron chi connectivity index (χ3n) is 2.82. The topological polar surface area (TPSA) is 32.3 Å². The summed E-state index contributed by atoms with van der Waals surface area (Å²) in [6.07, 6.45) is 1.33. The normalized spacial score (nSPS) is 20.5. The zero-order valence-corrected chi connectivity index (χ0v) is 9.81. The molecule has 0 spiro atoms. The molecular formula is C12H17NOS. The van der Waals surface area contributed by atoms with Crippen molar-refractivity contribution in [1.82, 2.24) is 0 Å². The Morgan fingerprint density at radius 1 is 1.53 bits per heavy atom. The molecule has 1 aromatic carbocycles. The molecule has 0 saturated carbocycles. The van der Waals surface area contributed by atoms with E-state index in [0.29, 0.717) is 5.75 Å². The van der Waals surface area contributed by atoms with Crippen molar-refractivity contribution in [2.75, 3.05) is 23.4 Å². The highest BCUT2D eigenvalue weighted by Gasteiger charge is 2.15. The van der Waals surface area contributed by atoms with Gasteiger partial charge in [-0.3, -0.25) is 0 Å². The van der Waals surface area contributed by atoms with Crippen LogP contribution in [-0.2, 0) is 0 Å². The summed E-state index contributed by atoms with van der Waals surface area (Å²) in [5.41, 5.74) is 2.25. The Hall–Kier alpha value is -0.830. The number of thioether (sulfide) groups is 1. The number of phenols is 1. The third kappa shape index (κ3) is 2.81. The second-order valence-electron chi connectivity index (χ2n) is 4.11. The first-order chi connectivity index (χ1) is 7.25. The lowest BCUT2D eigenvalue weighted by atomic mass is 10.1. The van der Waals surface area contributed by atoms with Crippen LogP contribution < -0.4 is 5.32 Å². The minimum Gasteiger partial charge on any atom is -0.508 e. The molecule has 1 aliphatic heterocycles. The van der Waals surface area contributed by atoms with E-state index in [1.807, 2.05) is 24.8 Å². The number of aryl methyl sites for hydroxylation is 1. The molecule has 0 radical (unpaired) electrons. The van der Waals surface area contributed by atoms with Gasteiger partial charge in [0.2, 0.25) is 0 Å². The molecule has 0 amide bonds. The van der Waals surface area contributed by atoms with Crippen LogP contribution >= 0.6 is 11.8 Å². The van der Waals surface area contributed by atoms with Crippen LogP contribution in [-0.4, -0.2) is 23.2 Å². The summed E-state index contributed by atoms with van der Waals surface area (Å²) in [6.45, 7) is 3.07. The molecule has 2 rings (SSSR count). The Morgan fingerprint density at radius 2 is 2.40 bits per heavy atom. The SMILES string of the molecule is Cc1cc(O)ccc1NCC1CCSC1. The van der Waals surface area contributed by atoms with Gasteiger partial charge in [-0.1, -0.05) is 0 Å². The zero-order valence-electron chi connectivity index (χ0n) is 8.99. The molecule has 1 aliphatic rings. The molecule has 1 unspecified atom stereocenters. The maximum atomic E-state index is 9.29. The fourth-order valence-electron chi connectivity index (χ4n) is 1.84. The van der Waals surface area contributed by atoms with Crippen molar-refractivity contribution in [2.24, 2.45) is 5.92 Å². The maximum Gasteiger partial charge on any atom is 0.115 e. The van der Waals surface area contributed by atoms with E-state index in [-0.39, 0.29) is 0 Å². The average molecular weight is 223 g/mol. The summed E-state index contributed by atoms with van der Waals surface area (Å²) in [4.78, 5) is 0. The largest absolute Gasteiger partial charge is 0.508 e. The highest BCUT2D eigenvalue weighted by Crippen LogP contribution is 2.25. The van der Waals surface area contributed by atoms with Crippen molar-refractivity contribution in [3.05, 3.63) is 23.8 Å². The molecule has 0 aromatic heterocycles. The van der Waals surface area contributed by atoms with Crippen LogP contribution in [0.2, 0.25) is 0 Å². The van der Waals surface area contributed by atoms with Gasteiger partial charge in [0.05, 0.1) is 0 Å². The zero-order chi connectivity index (χ0) is 10.7. The molecule has 15 heavy (non-hydrogen) atoms. The molecule has 2 nitrogen and oxygen atoms in total. The van der Waals surface area contributed by atoms with Crippen molar-refractivity contribution < 1.29 is 5.11 Å². The highest BCUT2D eigenvalue weighted by molar-refractivity contribution is 7.99. The van der Waals surface area contributed by atoms with Gasteiger partial charge in [-0.25, -0.2) is 0 Å². The molecule has 1 heterocycles. The summed E-state index contributed by atoms with van der Waals surface area (Å²) in [5, 5.41) is 12.7.